The second-order valence-corrected chi connectivity index (χ2v) is 4.84. The van der Waals surface area contributed by atoms with E-state index < -0.39 is 17.7 Å². The topological polar surface area (TPSA) is 29.5 Å². The Bertz CT molecular complexity index is 479. The third-order valence-corrected chi connectivity index (χ3v) is 3.40. The summed E-state index contributed by atoms with van der Waals surface area (Å²) in [5, 5.41) is 0. The van der Waals surface area contributed by atoms with Crippen LogP contribution >= 0.6 is 0 Å². The Morgan fingerprint density at radius 2 is 2.21 bits per heavy atom. The first-order chi connectivity index (χ1) is 8.99. The smallest absolute Gasteiger partial charge is 0.182 e. The summed E-state index contributed by atoms with van der Waals surface area (Å²) in [6.45, 7) is 5.51. The highest BCUT2D eigenvalue weighted by atomic mass is 19.1. The zero-order chi connectivity index (χ0) is 14.0. The first-order valence-corrected chi connectivity index (χ1v) is 6.34. The molecule has 2 rings (SSSR count). The average molecular weight is 269 g/mol. The van der Waals surface area contributed by atoms with Gasteiger partial charge in [-0.25, -0.2) is 8.78 Å². The van der Waals surface area contributed by atoms with E-state index in [1.165, 1.54) is 6.07 Å². The molecule has 0 bridgehead atoms. The minimum atomic E-state index is -0.807. The molecule has 5 heteroatoms. The molecule has 1 aliphatic heterocycles. The Kier molecular flexibility index (Phi) is 4.27. The van der Waals surface area contributed by atoms with Crippen molar-refractivity contribution in [3.63, 3.8) is 0 Å². The number of carbonyl (C=O) groups is 1. The fraction of sp³-hybridized carbons (Fsp3) is 0.500. The van der Waals surface area contributed by atoms with Crippen LogP contribution in [0.4, 0.5) is 8.78 Å². The van der Waals surface area contributed by atoms with Gasteiger partial charge < -0.3 is 4.74 Å². The van der Waals surface area contributed by atoms with Gasteiger partial charge in [0.25, 0.3) is 0 Å². The van der Waals surface area contributed by atoms with Gasteiger partial charge >= 0.3 is 0 Å². The third-order valence-electron chi connectivity index (χ3n) is 3.40. The van der Waals surface area contributed by atoms with Gasteiger partial charge in [0.2, 0.25) is 0 Å². The Balaban J connectivity index is 2.14. The van der Waals surface area contributed by atoms with Crippen molar-refractivity contribution in [3.05, 3.63) is 35.4 Å². The van der Waals surface area contributed by atoms with Gasteiger partial charge in [-0.2, -0.15) is 0 Å². The maximum Gasteiger partial charge on any atom is 0.182 e. The molecule has 19 heavy (non-hydrogen) atoms. The molecule has 0 aliphatic carbocycles. The number of nitrogens with zero attached hydrogens (tertiary/aromatic N) is 1. The minimum Gasteiger partial charge on any atom is -0.376 e. The molecule has 0 saturated carbocycles. The standard InChI is InChI=1S/C14H17F2NO2/c1-9-8-17(5-6-19-9)10(2)14(18)12-4-3-11(15)7-13(12)16/h3-4,7,9-10H,5-6,8H2,1-2H3. The van der Waals surface area contributed by atoms with Gasteiger partial charge in [0.05, 0.1) is 24.3 Å². The van der Waals surface area contributed by atoms with Gasteiger partial charge in [-0.1, -0.05) is 0 Å². The lowest BCUT2D eigenvalue weighted by Crippen LogP contribution is -2.48. The zero-order valence-electron chi connectivity index (χ0n) is 11.0. The van der Waals surface area contributed by atoms with Gasteiger partial charge in [0.1, 0.15) is 11.6 Å². The molecule has 0 N–H and O–H groups in total. The van der Waals surface area contributed by atoms with E-state index >= 15 is 0 Å². The quantitative estimate of drug-likeness (QED) is 0.788. The number of hydrogen-bond donors (Lipinski definition) is 0. The summed E-state index contributed by atoms with van der Waals surface area (Å²) in [5.41, 5.74) is -0.0620. The number of halogens is 2. The van der Waals surface area contributed by atoms with Crippen LogP contribution in [0.15, 0.2) is 18.2 Å². The molecule has 1 aliphatic rings. The number of morpholine rings is 1. The number of Topliss-reactive ketones (excluding diaryl/α,β-unsaturated/α-hetero) is 1. The summed E-state index contributed by atoms with van der Waals surface area (Å²) < 4.78 is 31.8. The van der Waals surface area contributed by atoms with E-state index in [4.69, 9.17) is 4.74 Å². The van der Waals surface area contributed by atoms with Crippen LogP contribution in [0.25, 0.3) is 0 Å². The molecule has 3 nitrogen and oxygen atoms in total. The zero-order valence-corrected chi connectivity index (χ0v) is 11.0. The van der Waals surface area contributed by atoms with Crippen molar-refractivity contribution in [1.29, 1.82) is 0 Å². The Morgan fingerprint density at radius 1 is 1.47 bits per heavy atom. The van der Waals surface area contributed by atoms with Crippen molar-refractivity contribution in [2.45, 2.75) is 26.0 Å². The molecular formula is C14H17F2NO2. The van der Waals surface area contributed by atoms with Gasteiger partial charge in [-0.15, -0.1) is 0 Å². The van der Waals surface area contributed by atoms with Crippen molar-refractivity contribution >= 4 is 5.78 Å². The maximum atomic E-state index is 13.6. The highest BCUT2D eigenvalue weighted by molar-refractivity contribution is 6.00. The predicted molar refractivity (Wildman–Crippen MR) is 67.1 cm³/mol. The van der Waals surface area contributed by atoms with E-state index in [9.17, 15) is 13.6 Å². The van der Waals surface area contributed by atoms with Gasteiger partial charge in [0.15, 0.2) is 5.78 Å². The van der Waals surface area contributed by atoms with Crippen LogP contribution in [0, 0.1) is 11.6 Å². The van der Waals surface area contributed by atoms with Gasteiger partial charge in [-0.05, 0) is 26.0 Å². The number of ether oxygens (including phenoxy) is 1. The number of benzene rings is 1. The number of hydrogen-bond acceptors (Lipinski definition) is 3. The number of ketones is 1. The van der Waals surface area contributed by atoms with Gasteiger partial charge in [0, 0.05) is 19.2 Å². The van der Waals surface area contributed by atoms with Crippen LogP contribution in [-0.4, -0.2) is 42.5 Å². The van der Waals surface area contributed by atoms with Crippen LogP contribution in [-0.2, 0) is 4.74 Å². The molecule has 104 valence electrons. The summed E-state index contributed by atoms with van der Waals surface area (Å²) in [6, 6.07) is 2.60. The average Bonchev–Trinajstić information content (AvgIpc) is 2.37. The van der Waals surface area contributed by atoms with Crippen LogP contribution in [0.1, 0.15) is 24.2 Å². The van der Waals surface area contributed by atoms with E-state index in [2.05, 4.69) is 0 Å². The monoisotopic (exact) mass is 269 g/mol. The molecule has 0 aromatic heterocycles. The normalized spacial score (nSPS) is 22.2. The predicted octanol–water partition coefficient (Wildman–Crippen LogP) is 2.26. The summed E-state index contributed by atoms with van der Waals surface area (Å²) in [6.07, 6.45) is 0.0575. The molecule has 2 unspecified atom stereocenters. The first-order valence-electron chi connectivity index (χ1n) is 6.34. The fourth-order valence-corrected chi connectivity index (χ4v) is 2.28. The number of rotatable bonds is 3. The molecular weight excluding hydrogens is 252 g/mol. The fourth-order valence-electron chi connectivity index (χ4n) is 2.28. The van der Waals surface area contributed by atoms with Crippen molar-refractivity contribution in [3.8, 4) is 0 Å². The Morgan fingerprint density at radius 3 is 2.84 bits per heavy atom. The van der Waals surface area contributed by atoms with E-state index in [0.717, 1.165) is 12.1 Å². The van der Waals surface area contributed by atoms with Crippen LogP contribution < -0.4 is 0 Å². The highest BCUT2D eigenvalue weighted by Gasteiger charge is 2.28. The Labute approximate surface area is 111 Å². The second kappa shape index (κ2) is 5.75. The Hall–Kier alpha value is -1.33. The van der Waals surface area contributed by atoms with Crippen molar-refractivity contribution < 1.29 is 18.3 Å². The lowest BCUT2D eigenvalue weighted by molar-refractivity contribution is -0.0278. The second-order valence-electron chi connectivity index (χ2n) is 4.84. The molecule has 1 fully saturated rings. The summed E-state index contributed by atoms with van der Waals surface area (Å²) in [7, 11) is 0. The minimum absolute atomic E-state index is 0.0575. The lowest BCUT2D eigenvalue weighted by Gasteiger charge is -2.34. The van der Waals surface area contributed by atoms with E-state index in [1.807, 2.05) is 11.8 Å². The summed E-state index contributed by atoms with van der Waals surface area (Å²) in [4.78, 5) is 14.2. The highest BCUT2D eigenvalue weighted by Crippen LogP contribution is 2.16. The lowest BCUT2D eigenvalue weighted by atomic mass is 10.0. The SMILES string of the molecule is CC1CN(C(C)C(=O)c2ccc(F)cc2F)CCO1. The van der Waals surface area contributed by atoms with Crippen molar-refractivity contribution in [1.82, 2.24) is 4.90 Å². The van der Waals surface area contributed by atoms with E-state index in [0.29, 0.717) is 19.7 Å². The molecule has 1 aromatic rings. The first kappa shape index (κ1) is 14.1. The number of carbonyl (C=O) groups excluding carboxylic acids is 1. The van der Waals surface area contributed by atoms with Crippen LogP contribution in [0.2, 0.25) is 0 Å². The summed E-state index contributed by atoms with van der Waals surface area (Å²) >= 11 is 0. The van der Waals surface area contributed by atoms with E-state index in [-0.39, 0.29) is 17.5 Å². The molecule has 2 atom stereocenters. The molecule has 0 amide bonds. The molecule has 0 radical (unpaired) electrons. The largest absolute Gasteiger partial charge is 0.376 e. The van der Waals surface area contributed by atoms with Crippen LogP contribution in [0.3, 0.4) is 0 Å². The van der Waals surface area contributed by atoms with Crippen molar-refractivity contribution in [2.24, 2.45) is 0 Å². The molecule has 1 heterocycles. The van der Waals surface area contributed by atoms with Crippen molar-refractivity contribution in [2.75, 3.05) is 19.7 Å². The molecule has 1 saturated heterocycles. The van der Waals surface area contributed by atoms with Crippen LogP contribution in [0.5, 0.6) is 0 Å². The summed E-state index contributed by atoms with van der Waals surface area (Å²) in [5.74, 6) is -1.81. The third kappa shape index (κ3) is 3.16. The van der Waals surface area contributed by atoms with Gasteiger partial charge in [-0.3, -0.25) is 9.69 Å². The molecule has 0 spiro atoms. The van der Waals surface area contributed by atoms with E-state index in [1.54, 1.807) is 6.92 Å². The maximum absolute atomic E-state index is 13.6. The molecule has 1 aromatic carbocycles.